The molecule has 0 bridgehead atoms. The van der Waals surface area contributed by atoms with E-state index in [1.807, 2.05) is 38.2 Å². The first-order valence-corrected chi connectivity index (χ1v) is 12.5. The maximum Gasteiger partial charge on any atom is 0.331 e. The van der Waals surface area contributed by atoms with Crippen molar-refractivity contribution in [2.75, 3.05) is 0 Å². The Kier molecular flexibility index (Phi) is 7.13. The molecule has 0 aromatic heterocycles. The van der Waals surface area contributed by atoms with Crippen molar-refractivity contribution in [2.24, 2.45) is 28.1 Å². The number of allylic oxidation sites excluding steroid dienone is 9. The Morgan fingerprint density at radius 3 is 2.24 bits per heavy atom. The number of hydrogen-bond donors (Lipinski definition) is 1. The Hall–Kier alpha value is -2.49. The number of ketones is 2. The highest BCUT2D eigenvalue weighted by molar-refractivity contribution is 6.01. The lowest BCUT2D eigenvalue weighted by atomic mass is 9.43. The molecular formula is C30H40O4. The van der Waals surface area contributed by atoms with Crippen LogP contribution in [0.15, 0.2) is 58.7 Å². The minimum Gasteiger partial charge on any atom is -0.478 e. The third-order valence-electron chi connectivity index (χ3n) is 9.18. The molecule has 184 valence electrons. The van der Waals surface area contributed by atoms with Gasteiger partial charge in [0, 0.05) is 34.8 Å². The number of carbonyl (C=O) groups is 3. The van der Waals surface area contributed by atoms with Crippen LogP contribution in [0.3, 0.4) is 0 Å². The summed E-state index contributed by atoms with van der Waals surface area (Å²) < 4.78 is 0. The minimum atomic E-state index is -0.923. The molecule has 0 radical (unpaired) electrons. The molecule has 0 heterocycles. The van der Waals surface area contributed by atoms with Crippen molar-refractivity contribution in [3.8, 4) is 0 Å². The average molecular weight is 465 g/mol. The molecule has 0 amide bonds. The normalized spacial score (nSPS) is 35.6. The Balaban J connectivity index is 1.86. The summed E-state index contributed by atoms with van der Waals surface area (Å²) in [6.07, 6.45) is 15.2. The van der Waals surface area contributed by atoms with E-state index in [1.54, 1.807) is 19.1 Å². The summed E-state index contributed by atoms with van der Waals surface area (Å²) >= 11 is 0. The predicted octanol–water partition coefficient (Wildman–Crippen LogP) is 6.79. The van der Waals surface area contributed by atoms with E-state index in [0.717, 1.165) is 36.0 Å². The molecule has 0 aliphatic heterocycles. The van der Waals surface area contributed by atoms with Gasteiger partial charge in [-0.1, -0.05) is 69.7 Å². The number of rotatable bonds is 5. The second-order valence-corrected chi connectivity index (χ2v) is 11.7. The van der Waals surface area contributed by atoms with Crippen LogP contribution in [-0.2, 0) is 14.4 Å². The van der Waals surface area contributed by atoms with Crippen LogP contribution in [0.2, 0.25) is 0 Å². The molecule has 4 heteroatoms. The molecule has 0 unspecified atom stereocenters. The second kappa shape index (κ2) is 9.28. The van der Waals surface area contributed by atoms with E-state index >= 15 is 0 Å². The van der Waals surface area contributed by atoms with Gasteiger partial charge in [0.2, 0.25) is 0 Å². The SMILES string of the molecule is CC(/C=C/C=C(\C)C(=O)O)=C\C=C\C(C)=C1\C(=O)C[C@H]2[C@@]3(C)CCC(=O)C(C)(C)[C@@H]3CC[C@]12C. The molecule has 0 aromatic carbocycles. The first-order valence-electron chi connectivity index (χ1n) is 12.5. The van der Waals surface area contributed by atoms with E-state index in [0.29, 0.717) is 24.5 Å². The van der Waals surface area contributed by atoms with Crippen LogP contribution in [0.4, 0.5) is 0 Å². The average Bonchev–Trinajstić information content (AvgIpc) is 3.02. The van der Waals surface area contributed by atoms with Gasteiger partial charge in [0.15, 0.2) is 5.78 Å². The summed E-state index contributed by atoms with van der Waals surface area (Å²) in [5.74, 6) is 0.330. The Morgan fingerprint density at radius 2 is 1.59 bits per heavy atom. The van der Waals surface area contributed by atoms with Gasteiger partial charge >= 0.3 is 5.97 Å². The smallest absolute Gasteiger partial charge is 0.331 e. The number of hydrogen-bond acceptors (Lipinski definition) is 3. The van der Waals surface area contributed by atoms with E-state index in [2.05, 4.69) is 27.7 Å². The molecule has 0 aromatic rings. The van der Waals surface area contributed by atoms with Gasteiger partial charge in [-0.05, 0) is 62.9 Å². The van der Waals surface area contributed by atoms with Gasteiger partial charge in [-0.15, -0.1) is 0 Å². The molecule has 4 nitrogen and oxygen atoms in total. The van der Waals surface area contributed by atoms with Crippen molar-refractivity contribution >= 4 is 17.5 Å². The lowest BCUT2D eigenvalue weighted by molar-refractivity contribution is -0.154. The summed E-state index contributed by atoms with van der Waals surface area (Å²) in [6, 6.07) is 0. The van der Waals surface area contributed by atoms with Crippen LogP contribution in [0.25, 0.3) is 0 Å². The van der Waals surface area contributed by atoms with E-state index in [4.69, 9.17) is 5.11 Å². The third-order valence-corrected chi connectivity index (χ3v) is 9.18. The summed E-state index contributed by atoms with van der Waals surface area (Å²) in [7, 11) is 0. The van der Waals surface area contributed by atoms with Crippen molar-refractivity contribution in [3.05, 3.63) is 58.7 Å². The number of carbonyl (C=O) groups excluding carboxylic acids is 2. The van der Waals surface area contributed by atoms with Gasteiger partial charge in [0.1, 0.15) is 5.78 Å². The first kappa shape index (κ1) is 26.1. The number of aliphatic carboxylic acids is 1. The number of carboxylic acid groups (broad SMARTS) is 1. The van der Waals surface area contributed by atoms with Crippen molar-refractivity contribution < 1.29 is 19.5 Å². The van der Waals surface area contributed by atoms with Gasteiger partial charge in [-0.25, -0.2) is 4.79 Å². The van der Waals surface area contributed by atoms with E-state index < -0.39 is 5.97 Å². The summed E-state index contributed by atoms with van der Waals surface area (Å²) in [5, 5.41) is 8.92. The van der Waals surface area contributed by atoms with Crippen molar-refractivity contribution in [1.82, 2.24) is 0 Å². The molecule has 3 rings (SSSR count). The van der Waals surface area contributed by atoms with Crippen LogP contribution in [0, 0.1) is 28.1 Å². The summed E-state index contributed by atoms with van der Waals surface area (Å²) in [5.41, 5.74) is 2.83. The lowest BCUT2D eigenvalue weighted by Crippen LogP contribution is -2.56. The highest BCUT2D eigenvalue weighted by atomic mass is 16.4. The van der Waals surface area contributed by atoms with Gasteiger partial charge in [-0.2, -0.15) is 0 Å². The molecule has 3 saturated carbocycles. The highest BCUT2D eigenvalue weighted by Crippen LogP contribution is 2.68. The largest absolute Gasteiger partial charge is 0.478 e. The van der Waals surface area contributed by atoms with Crippen LogP contribution in [0.5, 0.6) is 0 Å². The Labute approximate surface area is 204 Å². The highest BCUT2D eigenvalue weighted by Gasteiger charge is 2.64. The molecule has 4 atom stereocenters. The van der Waals surface area contributed by atoms with Crippen LogP contribution in [-0.4, -0.2) is 22.6 Å². The van der Waals surface area contributed by atoms with Gasteiger partial charge in [-0.3, -0.25) is 9.59 Å². The van der Waals surface area contributed by atoms with Crippen molar-refractivity contribution in [3.63, 3.8) is 0 Å². The zero-order chi connectivity index (χ0) is 25.5. The quantitative estimate of drug-likeness (QED) is 0.359. The standard InChI is InChI=1S/C30H40O4/c1-19(11-9-13-21(3)27(33)34)10-8-12-20(2)26-22(31)18-24-29(6)17-15-25(32)28(4,5)23(29)14-16-30(24,26)7/h8-13,23-24H,14-18H2,1-7H3,(H,33,34)/b11-9+,12-8+,19-10+,21-13+,26-20-/t23-,24-,29-,30-/m0/s1. The molecule has 34 heavy (non-hydrogen) atoms. The molecule has 0 saturated heterocycles. The molecule has 3 aliphatic rings. The topological polar surface area (TPSA) is 71.4 Å². The van der Waals surface area contributed by atoms with Crippen LogP contribution in [0.1, 0.15) is 80.6 Å². The van der Waals surface area contributed by atoms with E-state index in [1.165, 1.54) is 0 Å². The monoisotopic (exact) mass is 464 g/mol. The van der Waals surface area contributed by atoms with E-state index in [9.17, 15) is 14.4 Å². The Bertz CT molecular complexity index is 1050. The minimum absolute atomic E-state index is 0.00863. The zero-order valence-corrected chi connectivity index (χ0v) is 21.8. The Morgan fingerprint density at radius 1 is 0.941 bits per heavy atom. The number of fused-ring (bicyclic) bond motifs is 3. The molecule has 3 aliphatic carbocycles. The maximum atomic E-state index is 13.3. The van der Waals surface area contributed by atoms with Gasteiger partial charge < -0.3 is 5.11 Å². The van der Waals surface area contributed by atoms with Gasteiger partial charge in [0.25, 0.3) is 0 Å². The predicted molar refractivity (Wildman–Crippen MR) is 136 cm³/mol. The molecule has 1 N–H and O–H groups in total. The number of Topliss-reactive ketones (excluding diaryl/α,β-unsaturated/α-hetero) is 2. The third kappa shape index (κ3) is 4.44. The maximum absolute atomic E-state index is 13.3. The van der Waals surface area contributed by atoms with Gasteiger partial charge in [0.05, 0.1) is 0 Å². The zero-order valence-electron chi connectivity index (χ0n) is 21.8. The fourth-order valence-electron chi connectivity index (χ4n) is 7.28. The van der Waals surface area contributed by atoms with E-state index in [-0.39, 0.29) is 33.5 Å². The fourth-order valence-corrected chi connectivity index (χ4v) is 7.28. The number of carboxylic acids is 1. The fraction of sp³-hybridized carbons (Fsp3) is 0.567. The van der Waals surface area contributed by atoms with Crippen LogP contribution >= 0.6 is 0 Å². The molecule has 3 fully saturated rings. The second-order valence-electron chi connectivity index (χ2n) is 11.7. The summed E-state index contributed by atoms with van der Waals surface area (Å²) in [6.45, 7) is 14.4. The van der Waals surface area contributed by atoms with Crippen molar-refractivity contribution in [1.29, 1.82) is 0 Å². The molecular weight excluding hydrogens is 424 g/mol. The van der Waals surface area contributed by atoms with Crippen LogP contribution < -0.4 is 0 Å². The first-order chi connectivity index (χ1) is 15.7. The molecule has 0 spiro atoms. The van der Waals surface area contributed by atoms with Crippen molar-refractivity contribution in [2.45, 2.75) is 80.6 Å². The summed E-state index contributed by atoms with van der Waals surface area (Å²) in [4.78, 5) is 36.9. The lowest BCUT2D eigenvalue weighted by Gasteiger charge is -2.60.